The van der Waals surface area contributed by atoms with Crippen molar-refractivity contribution >= 4 is 29.3 Å². The SMILES string of the molecule is CCCCOCC(NC(=O)[C@H](CC1CCCCC1)NC(=O)N1CCOCC1)C(=O)C(=O)Nc1ccc(OC)cc1. The van der Waals surface area contributed by atoms with Gasteiger partial charge in [-0.3, -0.25) is 14.4 Å². The Hall–Kier alpha value is -3.18. The number of nitrogens with zero attached hydrogens (tertiary/aromatic N) is 1. The van der Waals surface area contributed by atoms with Crippen molar-refractivity contribution in [3.8, 4) is 5.75 Å². The van der Waals surface area contributed by atoms with Gasteiger partial charge in [-0.25, -0.2) is 4.79 Å². The van der Waals surface area contributed by atoms with Crippen LogP contribution in [0.3, 0.4) is 0 Å². The molecule has 1 unspecified atom stereocenters. The number of morpholine rings is 1. The maximum atomic E-state index is 13.6. The fraction of sp³-hybridized carbons (Fsp3) is 0.655. The number of carbonyl (C=O) groups is 4. The van der Waals surface area contributed by atoms with Crippen molar-refractivity contribution in [1.29, 1.82) is 0 Å². The third-order valence-corrected chi connectivity index (χ3v) is 7.34. The summed E-state index contributed by atoms with van der Waals surface area (Å²) >= 11 is 0. The molecule has 2 atom stereocenters. The smallest absolute Gasteiger partial charge is 0.318 e. The van der Waals surface area contributed by atoms with Gasteiger partial charge in [-0.1, -0.05) is 45.4 Å². The topological polar surface area (TPSA) is 135 Å². The lowest BCUT2D eigenvalue weighted by atomic mass is 9.84. The molecule has 1 aliphatic heterocycles. The molecule has 40 heavy (non-hydrogen) atoms. The van der Waals surface area contributed by atoms with E-state index in [4.69, 9.17) is 14.2 Å². The van der Waals surface area contributed by atoms with Crippen LogP contribution in [0.25, 0.3) is 0 Å². The number of carbonyl (C=O) groups excluding carboxylic acids is 4. The van der Waals surface area contributed by atoms with Gasteiger partial charge in [0.2, 0.25) is 11.7 Å². The molecule has 3 N–H and O–H groups in total. The van der Waals surface area contributed by atoms with Crippen molar-refractivity contribution in [2.75, 3.05) is 51.9 Å². The molecule has 2 fully saturated rings. The highest BCUT2D eigenvalue weighted by Crippen LogP contribution is 2.27. The molecule has 0 spiro atoms. The number of hydrogen-bond acceptors (Lipinski definition) is 7. The molecule has 222 valence electrons. The number of hydrogen-bond donors (Lipinski definition) is 3. The summed E-state index contributed by atoms with van der Waals surface area (Å²) in [7, 11) is 1.54. The van der Waals surface area contributed by atoms with Crippen LogP contribution >= 0.6 is 0 Å². The molecule has 1 aromatic rings. The number of benzene rings is 1. The summed E-state index contributed by atoms with van der Waals surface area (Å²) in [5.74, 6) is -1.28. The van der Waals surface area contributed by atoms with Gasteiger partial charge in [0.25, 0.3) is 5.91 Å². The minimum atomic E-state index is -1.20. The number of ketones is 1. The number of rotatable bonds is 14. The normalized spacial score (nSPS) is 17.4. The minimum Gasteiger partial charge on any atom is -0.497 e. The molecule has 1 aromatic carbocycles. The van der Waals surface area contributed by atoms with Gasteiger partial charge in [0.1, 0.15) is 17.8 Å². The number of Topliss-reactive ketones (excluding diaryl/α,β-unsaturated/α-hetero) is 1. The maximum Gasteiger partial charge on any atom is 0.318 e. The Morgan fingerprint density at radius 1 is 1.00 bits per heavy atom. The van der Waals surface area contributed by atoms with Crippen LogP contribution in [-0.4, -0.2) is 87.2 Å². The fourth-order valence-corrected chi connectivity index (χ4v) is 4.92. The molecule has 0 bridgehead atoms. The van der Waals surface area contributed by atoms with E-state index < -0.39 is 29.7 Å². The standard InChI is InChI=1S/C29H44N4O7/c1-3-4-16-40-20-25(26(34)28(36)30-22-10-12-23(38-2)13-11-22)31-27(35)24(19-21-8-6-5-7-9-21)32-29(37)33-14-17-39-18-15-33/h10-13,21,24-25H,3-9,14-20H2,1-2H3,(H,30,36)(H,31,35)(H,32,37)/t24-,25?/m0/s1. The summed E-state index contributed by atoms with van der Waals surface area (Å²) < 4.78 is 16.1. The molecular weight excluding hydrogens is 516 g/mol. The number of amides is 4. The summed E-state index contributed by atoms with van der Waals surface area (Å²) in [5.41, 5.74) is 0.420. The Morgan fingerprint density at radius 3 is 2.35 bits per heavy atom. The molecule has 4 amide bonds. The quantitative estimate of drug-likeness (QED) is 0.235. The summed E-state index contributed by atoms with van der Waals surface area (Å²) in [6.07, 6.45) is 7.49. The van der Waals surface area contributed by atoms with Crippen LogP contribution in [0.4, 0.5) is 10.5 Å². The van der Waals surface area contributed by atoms with Gasteiger partial charge >= 0.3 is 6.03 Å². The molecular formula is C29H44N4O7. The highest BCUT2D eigenvalue weighted by molar-refractivity contribution is 6.42. The van der Waals surface area contributed by atoms with Crippen LogP contribution in [0.1, 0.15) is 58.3 Å². The van der Waals surface area contributed by atoms with E-state index in [1.54, 1.807) is 29.2 Å². The largest absolute Gasteiger partial charge is 0.497 e. The first-order valence-corrected chi connectivity index (χ1v) is 14.4. The third-order valence-electron chi connectivity index (χ3n) is 7.34. The average Bonchev–Trinajstić information content (AvgIpc) is 2.99. The number of unbranched alkanes of at least 4 members (excludes halogenated alkanes) is 1. The molecule has 11 heteroatoms. The van der Waals surface area contributed by atoms with E-state index in [-0.39, 0.29) is 12.6 Å². The summed E-state index contributed by atoms with van der Waals surface area (Å²) in [5, 5.41) is 8.19. The highest BCUT2D eigenvalue weighted by atomic mass is 16.5. The molecule has 11 nitrogen and oxygen atoms in total. The first-order chi connectivity index (χ1) is 19.4. The van der Waals surface area contributed by atoms with E-state index >= 15 is 0 Å². The van der Waals surface area contributed by atoms with Crippen LogP contribution in [-0.2, 0) is 23.9 Å². The number of nitrogens with one attached hydrogen (secondary N) is 3. The zero-order valence-corrected chi connectivity index (χ0v) is 23.7. The molecule has 1 heterocycles. The van der Waals surface area contributed by atoms with Gasteiger partial charge in [0.15, 0.2) is 0 Å². The Kier molecular flexibility index (Phi) is 13.2. The summed E-state index contributed by atoms with van der Waals surface area (Å²) in [6.45, 7) is 4.06. The summed E-state index contributed by atoms with van der Waals surface area (Å²) in [4.78, 5) is 54.3. The van der Waals surface area contributed by atoms with E-state index in [1.165, 1.54) is 13.5 Å². The van der Waals surface area contributed by atoms with Crippen molar-refractivity contribution in [3.05, 3.63) is 24.3 Å². The van der Waals surface area contributed by atoms with Crippen LogP contribution in [0.5, 0.6) is 5.75 Å². The van der Waals surface area contributed by atoms with Gasteiger partial charge in [-0.2, -0.15) is 0 Å². The zero-order chi connectivity index (χ0) is 28.7. The minimum absolute atomic E-state index is 0.145. The second-order valence-electron chi connectivity index (χ2n) is 10.4. The molecule has 1 saturated heterocycles. The zero-order valence-electron chi connectivity index (χ0n) is 23.7. The van der Waals surface area contributed by atoms with Gasteiger partial charge in [0, 0.05) is 25.4 Å². The molecule has 1 saturated carbocycles. The van der Waals surface area contributed by atoms with Crippen molar-refractivity contribution in [3.63, 3.8) is 0 Å². The van der Waals surface area contributed by atoms with Crippen LogP contribution < -0.4 is 20.7 Å². The lowest BCUT2D eigenvalue weighted by Gasteiger charge is -2.31. The van der Waals surface area contributed by atoms with Gasteiger partial charge in [-0.05, 0) is 43.0 Å². The maximum absolute atomic E-state index is 13.6. The first kappa shape index (κ1) is 31.3. The number of urea groups is 1. The Labute approximate surface area is 236 Å². The number of methoxy groups -OCH3 is 1. The molecule has 0 radical (unpaired) electrons. The third kappa shape index (κ3) is 10.1. The lowest BCUT2D eigenvalue weighted by molar-refractivity contribution is -0.138. The van der Waals surface area contributed by atoms with Gasteiger partial charge < -0.3 is 35.1 Å². The van der Waals surface area contributed by atoms with E-state index in [0.717, 1.165) is 38.5 Å². The Balaban J connectivity index is 1.70. The predicted octanol–water partition coefficient (Wildman–Crippen LogP) is 2.89. The Morgan fingerprint density at radius 2 is 1.70 bits per heavy atom. The van der Waals surface area contributed by atoms with Gasteiger partial charge in [-0.15, -0.1) is 0 Å². The average molecular weight is 561 g/mol. The Bertz CT molecular complexity index is 960. The van der Waals surface area contributed by atoms with Gasteiger partial charge in [0.05, 0.1) is 26.9 Å². The fourth-order valence-electron chi connectivity index (χ4n) is 4.92. The monoisotopic (exact) mass is 560 g/mol. The number of anilines is 1. The molecule has 2 aliphatic rings. The van der Waals surface area contributed by atoms with Crippen molar-refractivity contribution < 1.29 is 33.4 Å². The summed E-state index contributed by atoms with van der Waals surface area (Å²) in [6, 6.07) is 4.21. The van der Waals surface area contributed by atoms with Crippen LogP contribution in [0, 0.1) is 5.92 Å². The van der Waals surface area contributed by atoms with Crippen LogP contribution in [0.15, 0.2) is 24.3 Å². The highest BCUT2D eigenvalue weighted by Gasteiger charge is 2.33. The first-order valence-electron chi connectivity index (χ1n) is 14.4. The van der Waals surface area contributed by atoms with Crippen molar-refractivity contribution in [1.82, 2.24) is 15.5 Å². The second kappa shape index (κ2) is 16.8. The lowest BCUT2D eigenvalue weighted by Crippen LogP contribution is -2.57. The van der Waals surface area contributed by atoms with E-state index in [1.807, 2.05) is 6.92 Å². The van der Waals surface area contributed by atoms with Crippen molar-refractivity contribution in [2.45, 2.75) is 70.4 Å². The van der Waals surface area contributed by atoms with E-state index in [0.29, 0.717) is 56.7 Å². The molecule has 3 rings (SSSR count). The van der Waals surface area contributed by atoms with Crippen LogP contribution in [0.2, 0.25) is 0 Å². The molecule has 0 aromatic heterocycles. The number of ether oxygens (including phenoxy) is 3. The van der Waals surface area contributed by atoms with E-state index in [2.05, 4.69) is 16.0 Å². The second-order valence-corrected chi connectivity index (χ2v) is 10.4. The predicted molar refractivity (Wildman–Crippen MR) is 150 cm³/mol. The van der Waals surface area contributed by atoms with Crippen molar-refractivity contribution in [2.24, 2.45) is 5.92 Å². The van der Waals surface area contributed by atoms with E-state index in [9.17, 15) is 19.2 Å². The molecule has 1 aliphatic carbocycles.